The topological polar surface area (TPSA) is 35.6 Å². The van der Waals surface area contributed by atoms with Crippen molar-refractivity contribution in [1.82, 2.24) is 19.1 Å². The van der Waals surface area contributed by atoms with E-state index in [1.165, 1.54) is 71.6 Å². The number of nitrogens with zero attached hydrogens (tertiary/aromatic N) is 4. The Bertz CT molecular complexity index is 3000. The van der Waals surface area contributed by atoms with E-state index < -0.39 is 0 Å². The fourth-order valence-electron chi connectivity index (χ4n) is 8.35. The maximum Gasteiger partial charge on any atom is 0.159 e. The fourth-order valence-corrected chi connectivity index (χ4v) is 9.39. The fraction of sp³-hybridized carbons (Fsp3) is 0.132. The van der Waals surface area contributed by atoms with Crippen LogP contribution >= 0.6 is 11.3 Å². The van der Waals surface area contributed by atoms with Crippen LogP contribution < -0.4 is 0 Å². The number of benzene rings is 3. The van der Waals surface area contributed by atoms with E-state index in [-0.39, 0.29) is 0 Å². The quantitative estimate of drug-likeness (QED) is 0.125. The first-order chi connectivity index (χ1) is 28.7. The molecule has 0 unspecified atom stereocenters. The van der Waals surface area contributed by atoms with Gasteiger partial charge in [0.1, 0.15) is 0 Å². The number of fused-ring (bicyclic) bond motifs is 7. The van der Waals surface area contributed by atoms with E-state index in [2.05, 4.69) is 168 Å². The average Bonchev–Trinajstić information content (AvgIpc) is 3.66. The molecule has 0 saturated heterocycles. The minimum absolute atomic E-state index is 0.728. The minimum atomic E-state index is 0.728. The van der Waals surface area contributed by atoms with Gasteiger partial charge in [-0.2, -0.15) is 0 Å². The summed E-state index contributed by atoms with van der Waals surface area (Å²) < 4.78 is 5.92. The van der Waals surface area contributed by atoms with Crippen molar-refractivity contribution in [3.63, 3.8) is 0 Å². The Hall–Kier alpha value is -6.56. The summed E-state index contributed by atoms with van der Waals surface area (Å²) in [6.07, 6.45) is 39.1. The summed E-state index contributed by atoms with van der Waals surface area (Å²) >= 11 is 1.71. The second-order valence-corrected chi connectivity index (χ2v) is 15.5. The molecule has 0 radical (unpaired) electrons. The molecule has 0 bridgehead atoms. The predicted molar refractivity (Wildman–Crippen MR) is 253 cm³/mol. The van der Waals surface area contributed by atoms with E-state index in [9.17, 15) is 0 Å². The first-order valence-electron chi connectivity index (χ1n) is 20.4. The molecule has 7 aromatic rings. The highest BCUT2D eigenvalue weighted by molar-refractivity contribution is 7.20. The van der Waals surface area contributed by atoms with Crippen LogP contribution in [0.4, 0.5) is 0 Å². The van der Waals surface area contributed by atoms with Crippen LogP contribution in [0.25, 0.3) is 90.7 Å². The molecule has 0 fully saturated rings. The van der Waals surface area contributed by atoms with Crippen molar-refractivity contribution in [1.29, 1.82) is 0 Å². The molecule has 4 aromatic heterocycles. The van der Waals surface area contributed by atoms with Crippen LogP contribution in [0, 0.1) is 6.92 Å². The number of allylic oxidation sites excluding steroid dienone is 12. The molecule has 0 spiro atoms. The van der Waals surface area contributed by atoms with E-state index in [1.54, 1.807) is 17.4 Å². The SMILES string of the molecule is C=C/C=C\c1sc2cnc(-c3cccc(-n4c5c(c6ccccc64)C=C(c4ccc6c(c4)c4c(n6C6=CC/C=C\CC=C6)C=CCC=C4)CC=C5)c3)nc2c1C.CC. The Morgan fingerprint density at radius 1 is 0.724 bits per heavy atom. The van der Waals surface area contributed by atoms with Gasteiger partial charge in [0.2, 0.25) is 0 Å². The Kier molecular flexibility index (Phi) is 10.3. The smallest absolute Gasteiger partial charge is 0.159 e. The second kappa shape index (κ2) is 16.1. The number of hydrogen-bond donors (Lipinski definition) is 0. The Labute approximate surface area is 344 Å². The van der Waals surface area contributed by atoms with Crippen LogP contribution in [0.2, 0.25) is 0 Å². The zero-order chi connectivity index (χ0) is 39.6. The lowest BCUT2D eigenvalue weighted by Gasteiger charge is -2.12. The van der Waals surface area contributed by atoms with Crippen LogP contribution in [0.3, 0.4) is 0 Å². The molecule has 58 heavy (non-hydrogen) atoms. The molecular weight excluding hydrogens is 725 g/mol. The van der Waals surface area contributed by atoms with E-state index in [0.29, 0.717) is 0 Å². The number of hydrogen-bond acceptors (Lipinski definition) is 3. The molecule has 5 heteroatoms. The number of aryl methyl sites for hydroxylation is 1. The summed E-state index contributed by atoms with van der Waals surface area (Å²) in [6.45, 7) is 9.96. The van der Waals surface area contributed by atoms with Gasteiger partial charge in [-0.25, -0.2) is 9.97 Å². The van der Waals surface area contributed by atoms with E-state index in [1.807, 2.05) is 26.1 Å². The lowest BCUT2D eigenvalue weighted by molar-refractivity contribution is 1.10. The second-order valence-electron chi connectivity index (χ2n) is 14.5. The third kappa shape index (κ3) is 6.61. The lowest BCUT2D eigenvalue weighted by Crippen LogP contribution is -1.98. The van der Waals surface area contributed by atoms with Crippen molar-refractivity contribution >= 4 is 85.0 Å². The molecule has 284 valence electrons. The predicted octanol–water partition coefficient (Wildman–Crippen LogP) is 14.9. The van der Waals surface area contributed by atoms with Gasteiger partial charge in [-0.15, -0.1) is 11.3 Å². The Morgan fingerprint density at radius 2 is 1.52 bits per heavy atom. The van der Waals surface area contributed by atoms with Gasteiger partial charge in [0.15, 0.2) is 5.82 Å². The maximum atomic E-state index is 5.08. The van der Waals surface area contributed by atoms with Crippen LogP contribution in [0.5, 0.6) is 0 Å². The summed E-state index contributed by atoms with van der Waals surface area (Å²) in [7, 11) is 0. The monoisotopic (exact) mass is 770 g/mol. The first kappa shape index (κ1) is 37.0. The van der Waals surface area contributed by atoms with Gasteiger partial charge in [0.05, 0.1) is 32.6 Å². The van der Waals surface area contributed by atoms with Crippen molar-refractivity contribution < 1.29 is 0 Å². The highest BCUT2D eigenvalue weighted by Gasteiger charge is 2.21. The molecule has 0 atom stereocenters. The minimum Gasteiger partial charge on any atom is -0.310 e. The Morgan fingerprint density at radius 3 is 2.43 bits per heavy atom. The summed E-state index contributed by atoms with van der Waals surface area (Å²) in [4.78, 5) is 11.1. The highest BCUT2D eigenvalue weighted by Crippen LogP contribution is 2.40. The maximum absolute atomic E-state index is 5.08. The third-order valence-electron chi connectivity index (χ3n) is 11.0. The number of para-hydroxylation sites is 1. The van der Waals surface area contributed by atoms with Crippen LogP contribution in [0.15, 0.2) is 140 Å². The average molecular weight is 771 g/mol. The highest BCUT2D eigenvalue weighted by atomic mass is 32.1. The Balaban J connectivity index is 0.00000215. The normalized spacial score (nSPS) is 15.3. The van der Waals surface area contributed by atoms with E-state index in [0.717, 1.165) is 53.0 Å². The van der Waals surface area contributed by atoms with Gasteiger partial charge < -0.3 is 9.13 Å². The molecule has 3 aliphatic carbocycles. The lowest BCUT2D eigenvalue weighted by atomic mass is 9.98. The van der Waals surface area contributed by atoms with Crippen molar-refractivity contribution in [2.75, 3.05) is 0 Å². The number of aromatic nitrogens is 4. The molecule has 0 N–H and O–H groups in total. The summed E-state index contributed by atoms with van der Waals surface area (Å²) in [5.41, 5.74) is 15.4. The van der Waals surface area contributed by atoms with Crippen molar-refractivity contribution in [3.05, 3.63) is 179 Å². The molecule has 0 saturated carbocycles. The summed E-state index contributed by atoms with van der Waals surface area (Å²) in [6, 6.07) is 24.5. The zero-order valence-electron chi connectivity index (χ0n) is 33.3. The third-order valence-corrected chi connectivity index (χ3v) is 12.2. The van der Waals surface area contributed by atoms with E-state index >= 15 is 0 Å². The van der Waals surface area contributed by atoms with E-state index in [4.69, 9.17) is 9.97 Å². The van der Waals surface area contributed by atoms with Gasteiger partial charge in [-0.1, -0.05) is 118 Å². The van der Waals surface area contributed by atoms with Gasteiger partial charge in [0, 0.05) is 49.9 Å². The molecule has 3 aromatic carbocycles. The van der Waals surface area contributed by atoms with Gasteiger partial charge in [-0.05, 0) is 110 Å². The summed E-state index contributed by atoms with van der Waals surface area (Å²) in [5, 5.41) is 2.51. The molecule has 4 heterocycles. The molecule has 3 aliphatic rings. The van der Waals surface area contributed by atoms with Crippen molar-refractivity contribution in [2.45, 2.75) is 46.5 Å². The number of rotatable bonds is 6. The first-order valence-corrected chi connectivity index (χ1v) is 21.2. The van der Waals surface area contributed by atoms with Crippen molar-refractivity contribution in [3.8, 4) is 17.1 Å². The number of thiophene rings is 1. The zero-order valence-corrected chi connectivity index (χ0v) is 34.1. The van der Waals surface area contributed by atoms with Crippen LogP contribution in [-0.2, 0) is 0 Å². The molecule has 10 rings (SSSR count). The summed E-state index contributed by atoms with van der Waals surface area (Å²) in [5.74, 6) is 0.728. The standard InChI is InChI=1S/C51H40N4S.C2H6/c1-3-4-27-48-34(2)50-49(56-48)33-52-51(53-50)37-18-15-21-39(30-37)55-45-25-14-13-23-41(45)42-31-35(17-16-26-46(42)55)36-28-29-47-43(32-36)40-22-11-8-12-24-44(40)54(47)38-19-9-6-5-7-10-20-38;1-2/h3-6,10-16,18-33H,1,7-9,17H2,2H3;1-2H3/b6-5-,20-10?,27-4-,38-19?;. The molecule has 4 nitrogen and oxygen atoms in total. The molecule has 0 aliphatic heterocycles. The van der Waals surface area contributed by atoms with Crippen LogP contribution in [-0.4, -0.2) is 19.1 Å². The molecular formula is C53H46N4S. The van der Waals surface area contributed by atoms with Gasteiger partial charge in [0.25, 0.3) is 0 Å². The van der Waals surface area contributed by atoms with Crippen LogP contribution in [0.1, 0.15) is 78.0 Å². The van der Waals surface area contributed by atoms with Gasteiger partial charge in [-0.3, -0.25) is 0 Å². The van der Waals surface area contributed by atoms with Gasteiger partial charge >= 0.3 is 0 Å². The van der Waals surface area contributed by atoms with Crippen molar-refractivity contribution in [2.24, 2.45) is 0 Å². The molecule has 0 amide bonds. The largest absolute Gasteiger partial charge is 0.310 e.